The van der Waals surface area contributed by atoms with Crippen molar-refractivity contribution in [2.24, 2.45) is 0 Å². The lowest BCUT2D eigenvalue weighted by atomic mass is 10.1. The molecule has 1 heterocycles. The van der Waals surface area contributed by atoms with Crippen LogP contribution in [0.3, 0.4) is 0 Å². The number of benzene rings is 1. The number of halogens is 3. The summed E-state index contributed by atoms with van der Waals surface area (Å²) in [7, 11) is 0. The number of aromatic hydroxyl groups is 1. The zero-order valence-corrected chi connectivity index (χ0v) is 10.7. The highest BCUT2D eigenvalue weighted by molar-refractivity contribution is 5.77. The van der Waals surface area contributed by atoms with Gasteiger partial charge in [0.15, 0.2) is 0 Å². The van der Waals surface area contributed by atoms with Gasteiger partial charge in [-0.1, -0.05) is 0 Å². The van der Waals surface area contributed by atoms with Crippen LogP contribution in [0.1, 0.15) is 5.56 Å². The van der Waals surface area contributed by atoms with E-state index in [2.05, 4.69) is 14.7 Å². The van der Waals surface area contributed by atoms with E-state index in [0.717, 1.165) is 18.2 Å². The minimum absolute atomic E-state index is 0.195. The van der Waals surface area contributed by atoms with Crippen LogP contribution in [0.25, 0.3) is 11.3 Å². The Labute approximate surface area is 121 Å². The van der Waals surface area contributed by atoms with E-state index in [0.29, 0.717) is 0 Å². The molecule has 5 N–H and O–H groups in total. The van der Waals surface area contributed by atoms with Crippen LogP contribution in [0.4, 0.5) is 24.9 Å². The van der Waals surface area contributed by atoms with E-state index >= 15 is 0 Å². The number of anilines is 2. The van der Waals surface area contributed by atoms with E-state index in [1.165, 1.54) is 0 Å². The average molecular weight is 311 g/mol. The Kier molecular flexibility index (Phi) is 3.64. The molecule has 0 spiro atoms. The first-order chi connectivity index (χ1) is 10.2. The number of ether oxygens (including phenoxy) is 1. The number of alkyl halides is 3. The van der Waals surface area contributed by atoms with E-state index in [-0.39, 0.29) is 28.6 Å². The molecule has 114 valence electrons. The van der Waals surface area contributed by atoms with Crippen LogP contribution in [-0.2, 0) is 0 Å². The number of rotatable bonds is 2. The van der Waals surface area contributed by atoms with Crippen LogP contribution in [0.5, 0.6) is 11.5 Å². The summed E-state index contributed by atoms with van der Waals surface area (Å²) >= 11 is 0. The third-order valence-corrected chi connectivity index (χ3v) is 2.52. The number of nitrogen functional groups attached to an aromatic ring is 2. The van der Waals surface area contributed by atoms with Crippen molar-refractivity contribution in [3.05, 3.63) is 23.8 Å². The quantitative estimate of drug-likeness (QED) is 0.770. The minimum atomic E-state index is -4.91. The molecular weight excluding hydrogens is 303 g/mol. The molecule has 0 radical (unpaired) electrons. The number of nitrogens with two attached hydrogens (primary N) is 2. The summed E-state index contributed by atoms with van der Waals surface area (Å²) in [6, 6.07) is 4.44. The number of hydrogen-bond acceptors (Lipinski definition) is 7. The predicted molar refractivity (Wildman–Crippen MR) is 69.4 cm³/mol. The Morgan fingerprint density at radius 2 is 1.91 bits per heavy atom. The average Bonchev–Trinajstić information content (AvgIpc) is 2.38. The van der Waals surface area contributed by atoms with Gasteiger partial charge < -0.3 is 21.3 Å². The molecule has 0 unspecified atom stereocenters. The van der Waals surface area contributed by atoms with Gasteiger partial charge in [-0.15, -0.1) is 13.2 Å². The lowest BCUT2D eigenvalue weighted by molar-refractivity contribution is -0.274. The van der Waals surface area contributed by atoms with E-state index < -0.39 is 17.9 Å². The fraction of sp³-hybridized carbons (Fsp3) is 0.0833. The van der Waals surface area contributed by atoms with Crippen molar-refractivity contribution in [2.75, 3.05) is 11.5 Å². The number of phenolic OH excluding ortho intramolecular Hbond substituents is 1. The normalized spacial score (nSPS) is 11.0. The lowest BCUT2D eigenvalue weighted by Crippen LogP contribution is -2.17. The second-order valence-electron chi connectivity index (χ2n) is 4.03. The van der Waals surface area contributed by atoms with Gasteiger partial charge >= 0.3 is 6.36 Å². The molecule has 1 aromatic carbocycles. The van der Waals surface area contributed by atoms with Crippen LogP contribution in [-0.4, -0.2) is 21.4 Å². The molecule has 0 aliphatic heterocycles. The van der Waals surface area contributed by atoms with E-state index in [1.54, 1.807) is 6.07 Å². The Morgan fingerprint density at radius 3 is 2.50 bits per heavy atom. The van der Waals surface area contributed by atoms with Crippen molar-refractivity contribution < 1.29 is 23.0 Å². The molecule has 0 amide bonds. The van der Waals surface area contributed by atoms with Gasteiger partial charge in [-0.05, 0) is 18.2 Å². The monoisotopic (exact) mass is 311 g/mol. The molecule has 2 aromatic rings. The highest BCUT2D eigenvalue weighted by Gasteiger charge is 2.31. The SMILES string of the molecule is N#Cc1c(N)nc(N)nc1-c1cc(OC(F)(F)F)ccc1O. The highest BCUT2D eigenvalue weighted by atomic mass is 19.4. The topological polar surface area (TPSA) is 131 Å². The maximum atomic E-state index is 12.2. The second kappa shape index (κ2) is 5.28. The fourth-order valence-corrected chi connectivity index (χ4v) is 1.70. The maximum absolute atomic E-state index is 12.2. The summed E-state index contributed by atoms with van der Waals surface area (Å²) in [5.41, 5.74) is 10.3. The van der Waals surface area contributed by atoms with Crippen LogP contribution in [0.15, 0.2) is 18.2 Å². The highest BCUT2D eigenvalue weighted by Crippen LogP contribution is 2.36. The maximum Gasteiger partial charge on any atom is 0.573 e. The van der Waals surface area contributed by atoms with Gasteiger partial charge in [0, 0.05) is 5.56 Å². The Morgan fingerprint density at radius 1 is 1.23 bits per heavy atom. The van der Waals surface area contributed by atoms with Crippen molar-refractivity contribution in [1.29, 1.82) is 5.26 Å². The van der Waals surface area contributed by atoms with Crippen molar-refractivity contribution in [3.8, 4) is 28.8 Å². The fourth-order valence-electron chi connectivity index (χ4n) is 1.70. The first kappa shape index (κ1) is 15.2. The van der Waals surface area contributed by atoms with Crippen molar-refractivity contribution in [3.63, 3.8) is 0 Å². The van der Waals surface area contributed by atoms with Crippen LogP contribution in [0, 0.1) is 11.3 Å². The molecule has 1 aromatic heterocycles. The summed E-state index contributed by atoms with van der Waals surface area (Å²) in [4.78, 5) is 7.31. The third kappa shape index (κ3) is 3.09. The van der Waals surface area contributed by atoms with Crippen LogP contribution < -0.4 is 16.2 Å². The summed E-state index contributed by atoms with van der Waals surface area (Å²) < 4.78 is 40.5. The number of hydrogen-bond donors (Lipinski definition) is 3. The van der Waals surface area contributed by atoms with Crippen molar-refractivity contribution in [1.82, 2.24) is 9.97 Å². The molecule has 0 saturated heterocycles. The summed E-state index contributed by atoms with van der Waals surface area (Å²) in [6.45, 7) is 0. The van der Waals surface area contributed by atoms with Gasteiger partial charge in [0.05, 0.1) is 5.69 Å². The van der Waals surface area contributed by atoms with Gasteiger partial charge in [-0.3, -0.25) is 0 Å². The lowest BCUT2D eigenvalue weighted by Gasteiger charge is -2.12. The smallest absolute Gasteiger partial charge is 0.507 e. The summed E-state index contributed by atoms with van der Waals surface area (Å²) in [5, 5.41) is 18.9. The van der Waals surface area contributed by atoms with Gasteiger partial charge in [-0.2, -0.15) is 10.2 Å². The minimum Gasteiger partial charge on any atom is -0.507 e. The third-order valence-electron chi connectivity index (χ3n) is 2.52. The molecule has 22 heavy (non-hydrogen) atoms. The zero-order valence-electron chi connectivity index (χ0n) is 10.7. The molecular formula is C12H8F3N5O2. The van der Waals surface area contributed by atoms with Crippen LogP contribution in [0.2, 0.25) is 0 Å². The molecule has 0 aliphatic rings. The van der Waals surface area contributed by atoms with Crippen molar-refractivity contribution in [2.45, 2.75) is 6.36 Å². The Hall–Kier alpha value is -3.22. The van der Waals surface area contributed by atoms with Gasteiger partial charge in [0.25, 0.3) is 0 Å². The van der Waals surface area contributed by atoms with Gasteiger partial charge in [0.1, 0.15) is 28.9 Å². The largest absolute Gasteiger partial charge is 0.573 e. The predicted octanol–water partition coefficient (Wildman–Crippen LogP) is 1.78. The molecule has 2 rings (SSSR count). The Bertz CT molecular complexity index is 771. The Balaban J connectivity index is 2.63. The first-order valence-corrected chi connectivity index (χ1v) is 5.63. The van der Waals surface area contributed by atoms with E-state index in [4.69, 9.17) is 16.7 Å². The second-order valence-corrected chi connectivity index (χ2v) is 4.03. The number of nitrogens with zero attached hydrogens (tertiary/aromatic N) is 3. The molecule has 0 atom stereocenters. The molecule has 10 heteroatoms. The molecule has 0 aliphatic carbocycles. The molecule has 0 saturated carbocycles. The van der Waals surface area contributed by atoms with Gasteiger partial charge in [-0.25, -0.2) is 4.98 Å². The number of phenols is 1. The van der Waals surface area contributed by atoms with Crippen LogP contribution >= 0.6 is 0 Å². The van der Waals surface area contributed by atoms with E-state index in [9.17, 15) is 18.3 Å². The number of aromatic nitrogens is 2. The zero-order chi connectivity index (χ0) is 16.5. The summed E-state index contributed by atoms with van der Waals surface area (Å²) in [5.74, 6) is -1.58. The summed E-state index contributed by atoms with van der Waals surface area (Å²) in [6.07, 6.45) is -4.91. The molecule has 7 nitrogen and oxygen atoms in total. The van der Waals surface area contributed by atoms with Gasteiger partial charge in [0.2, 0.25) is 5.95 Å². The molecule has 0 bridgehead atoms. The molecule has 0 fully saturated rings. The van der Waals surface area contributed by atoms with E-state index in [1.807, 2.05) is 0 Å². The van der Waals surface area contributed by atoms with Crippen molar-refractivity contribution >= 4 is 11.8 Å². The number of nitriles is 1. The standard InChI is InChI=1S/C12H8F3N5O2/c13-12(14,15)22-5-1-2-8(21)6(3-5)9-7(4-16)10(17)20-11(18)19-9/h1-3,21H,(H4,17,18,19,20). The first-order valence-electron chi connectivity index (χ1n) is 5.63.